The first-order valence-corrected chi connectivity index (χ1v) is 7.97. The first-order chi connectivity index (χ1) is 11.0. The minimum Gasteiger partial charge on any atom is -0.508 e. The second kappa shape index (κ2) is 7.99. The van der Waals surface area contributed by atoms with Crippen LogP contribution >= 0.6 is 0 Å². The van der Waals surface area contributed by atoms with E-state index in [9.17, 15) is 10.2 Å². The summed E-state index contributed by atoms with van der Waals surface area (Å²) in [5, 5.41) is 26.4. The van der Waals surface area contributed by atoms with Crippen LogP contribution in [0.5, 0.6) is 11.5 Å². The van der Waals surface area contributed by atoms with Crippen molar-refractivity contribution in [2.45, 2.75) is 39.9 Å². The number of phenolic OH excluding ortho intramolecular Hbond substituents is 2. The van der Waals surface area contributed by atoms with Gasteiger partial charge in [-0.2, -0.15) is 0 Å². The lowest BCUT2D eigenvalue weighted by Gasteiger charge is -2.16. The third-order valence-corrected chi connectivity index (χ3v) is 3.88. The number of rotatable bonds is 7. The highest BCUT2D eigenvalue weighted by Gasteiger charge is 2.06. The van der Waals surface area contributed by atoms with Gasteiger partial charge in [0.05, 0.1) is 0 Å². The highest BCUT2D eigenvalue weighted by Crippen LogP contribution is 2.18. The third kappa shape index (κ3) is 5.27. The summed E-state index contributed by atoms with van der Waals surface area (Å²) in [7, 11) is 0. The van der Waals surface area contributed by atoms with Crippen molar-refractivity contribution in [3.8, 4) is 11.5 Å². The fraction of sp³-hybridized carbons (Fsp3) is 0.368. The highest BCUT2D eigenvalue weighted by molar-refractivity contribution is 5.36. The van der Waals surface area contributed by atoms with Gasteiger partial charge in [0, 0.05) is 36.8 Å². The van der Waals surface area contributed by atoms with Crippen LogP contribution in [0, 0.1) is 13.8 Å². The summed E-state index contributed by atoms with van der Waals surface area (Å²) < 4.78 is 0. The Morgan fingerprint density at radius 1 is 0.870 bits per heavy atom. The maximum absolute atomic E-state index is 9.85. The summed E-state index contributed by atoms with van der Waals surface area (Å²) in [6, 6.07) is 11.5. The SMILES string of the molecule is Cc1ccc(O)c(CNCC(C)NCc2cc(C)ccc2O)c1. The lowest BCUT2D eigenvalue weighted by molar-refractivity contribution is 0.448. The molecule has 0 radical (unpaired) electrons. The molecule has 0 heterocycles. The number of benzene rings is 2. The topological polar surface area (TPSA) is 64.5 Å². The lowest BCUT2D eigenvalue weighted by Crippen LogP contribution is -2.35. The van der Waals surface area contributed by atoms with Crippen molar-refractivity contribution in [2.24, 2.45) is 0 Å². The van der Waals surface area contributed by atoms with Crippen LogP contribution in [0.3, 0.4) is 0 Å². The largest absolute Gasteiger partial charge is 0.508 e. The molecule has 1 atom stereocenters. The van der Waals surface area contributed by atoms with E-state index in [-0.39, 0.29) is 6.04 Å². The van der Waals surface area contributed by atoms with Gasteiger partial charge >= 0.3 is 0 Å². The molecular formula is C19H26N2O2. The van der Waals surface area contributed by atoms with Crippen LogP contribution in [0.1, 0.15) is 29.2 Å². The monoisotopic (exact) mass is 314 g/mol. The zero-order chi connectivity index (χ0) is 16.8. The molecular weight excluding hydrogens is 288 g/mol. The standard InChI is InChI=1S/C19H26N2O2/c1-13-4-6-18(22)16(8-13)11-20-10-15(3)21-12-17-9-14(2)5-7-19(17)23/h4-9,15,20-23H,10-12H2,1-3H3. The van der Waals surface area contributed by atoms with Crippen molar-refractivity contribution >= 4 is 0 Å². The van der Waals surface area contributed by atoms with Crippen molar-refractivity contribution in [3.63, 3.8) is 0 Å². The van der Waals surface area contributed by atoms with Crippen molar-refractivity contribution in [1.29, 1.82) is 0 Å². The van der Waals surface area contributed by atoms with E-state index in [1.54, 1.807) is 12.1 Å². The van der Waals surface area contributed by atoms with Gasteiger partial charge in [0.2, 0.25) is 0 Å². The molecule has 124 valence electrons. The molecule has 2 aromatic rings. The molecule has 23 heavy (non-hydrogen) atoms. The summed E-state index contributed by atoms with van der Waals surface area (Å²) in [5.74, 6) is 0.654. The molecule has 4 nitrogen and oxygen atoms in total. The molecule has 0 aliphatic carbocycles. The van der Waals surface area contributed by atoms with Crippen LogP contribution in [0.2, 0.25) is 0 Å². The average molecular weight is 314 g/mol. The first kappa shape index (κ1) is 17.3. The van der Waals surface area contributed by atoms with E-state index in [1.165, 1.54) is 0 Å². The Morgan fingerprint density at radius 2 is 1.39 bits per heavy atom. The van der Waals surface area contributed by atoms with Gasteiger partial charge < -0.3 is 20.8 Å². The molecule has 0 aliphatic rings. The molecule has 0 bridgehead atoms. The number of aromatic hydroxyl groups is 2. The van der Waals surface area contributed by atoms with Crippen LogP contribution < -0.4 is 10.6 Å². The maximum atomic E-state index is 9.85. The molecule has 0 saturated carbocycles. The molecule has 4 heteroatoms. The number of hydrogen-bond donors (Lipinski definition) is 4. The van der Waals surface area contributed by atoms with Gasteiger partial charge in [0.15, 0.2) is 0 Å². The van der Waals surface area contributed by atoms with Crippen molar-refractivity contribution < 1.29 is 10.2 Å². The molecule has 0 fully saturated rings. The second-order valence-electron chi connectivity index (χ2n) is 6.18. The van der Waals surface area contributed by atoms with Crippen LogP contribution in [0.15, 0.2) is 36.4 Å². The number of nitrogens with one attached hydrogen (secondary N) is 2. The van der Waals surface area contributed by atoms with E-state index >= 15 is 0 Å². The van der Waals surface area contributed by atoms with Gasteiger partial charge in [-0.25, -0.2) is 0 Å². The van der Waals surface area contributed by atoms with E-state index in [4.69, 9.17) is 0 Å². The molecule has 0 spiro atoms. The Morgan fingerprint density at radius 3 is 1.96 bits per heavy atom. The molecule has 0 saturated heterocycles. The minimum absolute atomic E-state index is 0.252. The smallest absolute Gasteiger partial charge is 0.120 e. The maximum Gasteiger partial charge on any atom is 0.120 e. The van der Waals surface area contributed by atoms with Gasteiger partial charge in [-0.1, -0.05) is 35.4 Å². The Kier molecular flexibility index (Phi) is 6.02. The normalized spacial score (nSPS) is 12.3. The zero-order valence-corrected chi connectivity index (χ0v) is 14.1. The lowest BCUT2D eigenvalue weighted by atomic mass is 10.1. The van der Waals surface area contributed by atoms with E-state index in [2.05, 4.69) is 17.6 Å². The van der Waals surface area contributed by atoms with E-state index < -0.39 is 0 Å². The number of hydrogen-bond acceptors (Lipinski definition) is 4. The molecule has 0 amide bonds. The summed E-state index contributed by atoms with van der Waals surface area (Å²) in [5.41, 5.74) is 4.10. The quantitative estimate of drug-likeness (QED) is 0.634. The fourth-order valence-electron chi connectivity index (χ4n) is 2.49. The van der Waals surface area contributed by atoms with E-state index in [1.807, 2.05) is 38.1 Å². The predicted octanol–water partition coefficient (Wildman–Crippen LogP) is 2.98. The van der Waals surface area contributed by atoms with Crippen LogP contribution in [-0.4, -0.2) is 22.8 Å². The molecule has 0 aliphatic heterocycles. The van der Waals surface area contributed by atoms with Gasteiger partial charge in [-0.15, -0.1) is 0 Å². The van der Waals surface area contributed by atoms with Crippen LogP contribution in [-0.2, 0) is 13.1 Å². The van der Waals surface area contributed by atoms with Crippen molar-refractivity contribution in [2.75, 3.05) is 6.54 Å². The van der Waals surface area contributed by atoms with E-state index in [0.29, 0.717) is 24.6 Å². The Balaban J connectivity index is 1.78. The Bertz CT molecular complexity index is 656. The van der Waals surface area contributed by atoms with Crippen molar-refractivity contribution in [3.05, 3.63) is 58.7 Å². The summed E-state index contributed by atoms with van der Waals surface area (Å²) in [6.07, 6.45) is 0. The number of aryl methyl sites for hydroxylation is 2. The highest BCUT2D eigenvalue weighted by atomic mass is 16.3. The van der Waals surface area contributed by atoms with Gasteiger partial charge in [-0.05, 0) is 32.9 Å². The first-order valence-electron chi connectivity index (χ1n) is 7.97. The molecule has 4 N–H and O–H groups in total. The Labute approximate surface area is 138 Å². The summed E-state index contributed by atoms with van der Waals surface area (Å²) in [6.45, 7) is 8.17. The second-order valence-corrected chi connectivity index (χ2v) is 6.18. The van der Waals surface area contributed by atoms with E-state index in [0.717, 1.165) is 28.8 Å². The summed E-state index contributed by atoms with van der Waals surface area (Å²) >= 11 is 0. The zero-order valence-electron chi connectivity index (χ0n) is 14.1. The van der Waals surface area contributed by atoms with Gasteiger partial charge in [0.25, 0.3) is 0 Å². The molecule has 1 unspecified atom stereocenters. The van der Waals surface area contributed by atoms with Crippen LogP contribution in [0.4, 0.5) is 0 Å². The molecule has 2 aromatic carbocycles. The van der Waals surface area contributed by atoms with Gasteiger partial charge in [-0.3, -0.25) is 0 Å². The predicted molar refractivity (Wildman–Crippen MR) is 93.7 cm³/mol. The average Bonchev–Trinajstić information content (AvgIpc) is 2.51. The molecule has 0 aromatic heterocycles. The fourth-order valence-corrected chi connectivity index (χ4v) is 2.49. The third-order valence-electron chi connectivity index (χ3n) is 3.88. The van der Waals surface area contributed by atoms with Gasteiger partial charge in [0.1, 0.15) is 11.5 Å². The Hall–Kier alpha value is -2.04. The number of phenols is 2. The minimum atomic E-state index is 0.252. The molecule has 2 rings (SSSR count). The van der Waals surface area contributed by atoms with Crippen LogP contribution in [0.25, 0.3) is 0 Å². The summed E-state index contributed by atoms with van der Waals surface area (Å²) in [4.78, 5) is 0. The van der Waals surface area contributed by atoms with Crippen molar-refractivity contribution in [1.82, 2.24) is 10.6 Å².